The van der Waals surface area contributed by atoms with Gasteiger partial charge in [-0.25, -0.2) is 9.98 Å². The maximum absolute atomic E-state index is 5.38. The number of nitrogens with one attached hydrogen (secondary N) is 1. The summed E-state index contributed by atoms with van der Waals surface area (Å²) >= 11 is 0. The Hall–Kier alpha value is -5.94. The molecule has 4 aliphatic rings. The summed E-state index contributed by atoms with van der Waals surface area (Å²) in [6.07, 6.45) is 20.2. The first kappa shape index (κ1) is 30.8. The molecule has 3 unspecified atom stereocenters. The summed E-state index contributed by atoms with van der Waals surface area (Å²) in [5, 5.41) is 8.53. The van der Waals surface area contributed by atoms with Crippen molar-refractivity contribution in [2.75, 3.05) is 0 Å². The predicted molar refractivity (Wildman–Crippen MR) is 214 cm³/mol. The predicted octanol–water partition coefficient (Wildman–Crippen LogP) is 11.0. The minimum atomic E-state index is -0.270. The van der Waals surface area contributed by atoms with Crippen LogP contribution in [-0.4, -0.2) is 21.6 Å². The molecule has 6 aromatic rings. The number of aliphatic imine (C=N–C) groups is 2. The van der Waals surface area contributed by atoms with E-state index in [1.54, 1.807) is 5.57 Å². The lowest BCUT2D eigenvalue weighted by molar-refractivity contribution is 0.452. The van der Waals surface area contributed by atoms with E-state index in [9.17, 15) is 0 Å². The van der Waals surface area contributed by atoms with E-state index in [1.165, 1.54) is 42.0 Å². The Morgan fingerprint density at radius 3 is 2.27 bits per heavy atom. The molecule has 1 aliphatic heterocycles. The second kappa shape index (κ2) is 13.0. The third-order valence-electron chi connectivity index (χ3n) is 11.3. The van der Waals surface area contributed by atoms with Gasteiger partial charge in [0.15, 0.2) is 5.84 Å². The molecule has 2 aromatic heterocycles. The molecule has 3 atom stereocenters. The number of allylic oxidation sites excluding steroid dienone is 5. The first-order valence-electron chi connectivity index (χ1n) is 18.7. The van der Waals surface area contributed by atoms with Gasteiger partial charge in [-0.1, -0.05) is 103 Å². The molecular weight excluding hydrogens is 635 g/mol. The van der Waals surface area contributed by atoms with E-state index >= 15 is 0 Å². The maximum Gasteiger partial charge on any atom is 0.159 e. The van der Waals surface area contributed by atoms with Crippen molar-refractivity contribution >= 4 is 49.8 Å². The molecule has 1 saturated carbocycles. The number of benzene rings is 4. The van der Waals surface area contributed by atoms with Crippen LogP contribution in [0.4, 0.5) is 0 Å². The van der Waals surface area contributed by atoms with Crippen LogP contribution < -0.4 is 5.32 Å². The van der Waals surface area contributed by atoms with E-state index in [0.717, 1.165) is 74.2 Å². The topological polar surface area (TPSA) is 62.5 Å². The highest BCUT2D eigenvalue weighted by Crippen LogP contribution is 2.39. The molecule has 252 valence electrons. The first-order chi connectivity index (χ1) is 25.7. The first-order valence-corrected chi connectivity index (χ1v) is 18.7. The number of aromatic nitrogens is 2. The van der Waals surface area contributed by atoms with E-state index < -0.39 is 0 Å². The zero-order valence-electron chi connectivity index (χ0n) is 29.0. The number of amidine groups is 2. The SMILES string of the molecule is C1=C(C2=NC(c3ccc4ccccc4c3)NC(C3=CC(c4cnc5ccccc5c4)=CC(c4cnc5ccccc5c4)C3)=N2)C=C2CCCCC2C1. The van der Waals surface area contributed by atoms with E-state index in [1.807, 2.05) is 24.5 Å². The van der Waals surface area contributed by atoms with Gasteiger partial charge in [0, 0.05) is 40.2 Å². The molecule has 0 spiro atoms. The van der Waals surface area contributed by atoms with Crippen molar-refractivity contribution in [3.8, 4) is 0 Å². The second-order valence-electron chi connectivity index (χ2n) is 14.6. The van der Waals surface area contributed by atoms with Gasteiger partial charge in [-0.05, 0) is 107 Å². The summed E-state index contributed by atoms with van der Waals surface area (Å²) < 4.78 is 0. The summed E-state index contributed by atoms with van der Waals surface area (Å²) in [5.74, 6) is 2.46. The van der Waals surface area contributed by atoms with Gasteiger partial charge in [-0.2, -0.15) is 0 Å². The number of fused-ring (bicyclic) bond motifs is 4. The lowest BCUT2D eigenvalue weighted by Gasteiger charge is -2.31. The molecule has 1 fully saturated rings. The van der Waals surface area contributed by atoms with Crippen molar-refractivity contribution in [1.29, 1.82) is 0 Å². The van der Waals surface area contributed by atoms with Crippen molar-refractivity contribution < 1.29 is 0 Å². The van der Waals surface area contributed by atoms with Gasteiger partial charge in [0.1, 0.15) is 12.0 Å². The van der Waals surface area contributed by atoms with Gasteiger partial charge in [0.2, 0.25) is 0 Å². The molecule has 3 aliphatic carbocycles. The fourth-order valence-electron chi connectivity index (χ4n) is 8.43. The van der Waals surface area contributed by atoms with Crippen molar-refractivity contribution in [3.63, 3.8) is 0 Å². The van der Waals surface area contributed by atoms with E-state index in [2.05, 4.69) is 121 Å². The number of rotatable bonds is 5. The Balaban J connectivity index is 1.09. The third-order valence-corrected chi connectivity index (χ3v) is 11.3. The highest BCUT2D eigenvalue weighted by Gasteiger charge is 2.29. The van der Waals surface area contributed by atoms with Gasteiger partial charge >= 0.3 is 0 Å². The molecule has 4 aromatic carbocycles. The van der Waals surface area contributed by atoms with E-state index in [-0.39, 0.29) is 12.1 Å². The average molecular weight is 674 g/mol. The van der Waals surface area contributed by atoms with E-state index in [4.69, 9.17) is 20.0 Å². The van der Waals surface area contributed by atoms with Gasteiger partial charge in [0.25, 0.3) is 0 Å². The van der Waals surface area contributed by atoms with Crippen LogP contribution in [0.25, 0.3) is 38.2 Å². The molecule has 52 heavy (non-hydrogen) atoms. The maximum atomic E-state index is 5.38. The summed E-state index contributed by atoms with van der Waals surface area (Å²) in [6.45, 7) is 0. The number of pyridine rings is 2. The van der Waals surface area contributed by atoms with Crippen LogP contribution in [0.1, 0.15) is 67.3 Å². The van der Waals surface area contributed by atoms with Gasteiger partial charge in [-0.3, -0.25) is 9.97 Å². The molecule has 5 heteroatoms. The van der Waals surface area contributed by atoms with Crippen LogP contribution in [-0.2, 0) is 0 Å². The molecule has 1 N–H and O–H groups in total. The van der Waals surface area contributed by atoms with Crippen LogP contribution in [0.2, 0.25) is 0 Å². The molecule has 5 nitrogen and oxygen atoms in total. The van der Waals surface area contributed by atoms with Crippen molar-refractivity contribution in [2.45, 2.75) is 50.6 Å². The molecule has 10 rings (SSSR count). The molecule has 0 bridgehead atoms. The van der Waals surface area contributed by atoms with Gasteiger partial charge in [0.05, 0.1) is 11.0 Å². The smallest absolute Gasteiger partial charge is 0.159 e. The Bertz CT molecular complexity index is 2580. The zero-order chi connectivity index (χ0) is 34.4. The van der Waals surface area contributed by atoms with Gasteiger partial charge < -0.3 is 5.32 Å². The monoisotopic (exact) mass is 673 g/mol. The third kappa shape index (κ3) is 5.86. The number of hydrogen-bond acceptors (Lipinski definition) is 5. The Morgan fingerprint density at radius 2 is 1.40 bits per heavy atom. The highest BCUT2D eigenvalue weighted by molar-refractivity contribution is 6.15. The van der Waals surface area contributed by atoms with Crippen LogP contribution in [0, 0.1) is 5.92 Å². The van der Waals surface area contributed by atoms with Crippen LogP contribution >= 0.6 is 0 Å². The minimum absolute atomic E-state index is 0.100. The standard InChI is InChI=1S/C47H39N5/c1-3-11-32-21-36(19-17-30(32)9-1)45-50-46(37-20-18-31-10-2-4-12-33(31)22-37)52-47(51-45)40-26-38(41-23-34-13-5-7-15-43(34)48-28-41)25-39(27-40)42-24-35-14-6-8-16-44(35)49-29-42/h1,3,5-9,11,13-17,19-26,28-29,31,39,45H,2,4,10,12,18,27H2,(H,50,51,52). The summed E-state index contributed by atoms with van der Waals surface area (Å²) in [4.78, 5) is 20.4. The number of para-hydroxylation sites is 2. The summed E-state index contributed by atoms with van der Waals surface area (Å²) in [5.41, 5.74) is 10.4. The zero-order valence-corrected chi connectivity index (χ0v) is 29.0. The van der Waals surface area contributed by atoms with Crippen molar-refractivity contribution in [2.24, 2.45) is 15.9 Å². The minimum Gasteiger partial charge on any atom is -0.344 e. The van der Waals surface area contributed by atoms with Gasteiger partial charge in [-0.15, -0.1) is 0 Å². The Labute approximate surface area is 304 Å². The molecule has 0 amide bonds. The van der Waals surface area contributed by atoms with E-state index in [0.29, 0.717) is 5.92 Å². The normalized spacial score (nSPS) is 21.7. The Morgan fingerprint density at radius 1 is 0.654 bits per heavy atom. The Kier molecular flexibility index (Phi) is 7.71. The number of nitrogens with zero attached hydrogens (tertiary/aromatic N) is 4. The summed E-state index contributed by atoms with van der Waals surface area (Å²) in [6, 6.07) is 36.5. The van der Waals surface area contributed by atoms with Crippen molar-refractivity contribution in [1.82, 2.24) is 15.3 Å². The second-order valence-corrected chi connectivity index (χ2v) is 14.6. The largest absolute Gasteiger partial charge is 0.344 e. The summed E-state index contributed by atoms with van der Waals surface area (Å²) in [7, 11) is 0. The fourth-order valence-corrected chi connectivity index (χ4v) is 8.43. The molecule has 0 radical (unpaired) electrons. The average Bonchev–Trinajstić information content (AvgIpc) is 3.22. The quantitative estimate of drug-likeness (QED) is 0.198. The molecular formula is C47H39N5. The van der Waals surface area contributed by atoms with Crippen LogP contribution in [0.5, 0.6) is 0 Å². The number of hydrogen-bond donors (Lipinski definition) is 1. The van der Waals surface area contributed by atoms with Crippen molar-refractivity contribution in [3.05, 3.63) is 173 Å². The fraction of sp³-hybridized carbons (Fsp3) is 0.191. The highest BCUT2D eigenvalue weighted by atomic mass is 15.2. The van der Waals surface area contributed by atoms with Crippen LogP contribution in [0.15, 0.2) is 167 Å². The lowest BCUT2D eigenvalue weighted by Crippen LogP contribution is -2.35. The molecule has 3 heterocycles. The van der Waals surface area contributed by atoms with Crippen LogP contribution in [0.3, 0.4) is 0 Å². The molecule has 0 saturated heterocycles. The lowest BCUT2D eigenvalue weighted by atomic mass is 9.78.